The molecule has 27 heavy (non-hydrogen) atoms. The third kappa shape index (κ3) is 4.18. The van der Waals surface area contributed by atoms with E-state index in [0.29, 0.717) is 22.2 Å². The molecule has 4 rings (SSSR count). The van der Waals surface area contributed by atoms with Gasteiger partial charge in [-0.05, 0) is 54.8 Å². The Morgan fingerprint density at radius 1 is 1.11 bits per heavy atom. The molecule has 2 aliphatic heterocycles. The Morgan fingerprint density at radius 2 is 1.89 bits per heavy atom. The highest BCUT2D eigenvalue weighted by Crippen LogP contribution is 2.37. The molecular formula is C20H24ClN3O2S. The third-order valence-electron chi connectivity index (χ3n) is 5.63. The van der Waals surface area contributed by atoms with Gasteiger partial charge in [0.1, 0.15) is 0 Å². The van der Waals surface area contributed by atoms with Crippen molar-refractivity contribution in [2.45, 2.75) is 19.3 Å². The molecule has 0 saturated carbocycles. The van der Waals surface area contributed by atoms with Gasteiger partial charge >= 0.3 is 0 Å². The summed E-state index contributed by atoms with van der Waals surface area (Å²) in [7, 11) is 0. The van der Waals surface area contributed by atoms with Crippen LogP contribution in [0.25, 0.3) is 0 Å². The van der Waals surface area contributed by atoms with E-state index in [2.05, 4.69) is 10.6 Å². The van der Waals surface area contributed by atoms with Crippen LogP contribution in [0.1, 0.15) is 40.0 Å². The summed E-state index contributed by atoms with van der Waals surface area (Å²) < 4.78 is 0. The molecule has 0 atom stereocenters. The number of hydrogen-bond acceptors (Lipinski definition) is 4. The molecule has 144 valence electrons. The van der Waals surface area contributed by atoms with Gasteiger partial charge in [-0.3, -0.25) is 9.59 Å². The number of nitrogens with zero attached hydrogens (tertiary/aromatic N) is 1. The highest BCUT2D eigenvalue weighted by molar-refractivity contribution is 7.08. The molecule has 0 bridgehead atoms. The van der Waals surface area contributed by atoms with Crippen LogP contribution in [0.3, 0.4) is 0 Å². The van der Waals surface area contributed by atoms with Gasteiger partial charge in [-0.25, -0.2) is 0 Å². The first-order valence-electron chi connectivity index (χ1n) is 9.10. The molecule has 2 saturated heterocycles. The Hall–Kier alpha value is -1.89. The second-order valence-corrected chi connectivity index (χ2v) is 8.01. The second-order valence-electron chi connectivity index (χ2n) is 7.23. The number of nitrogens with one attached hydrogen (secondary N) is 2. The Labute approximate surface area is 169 Å². The van der Waals surface area contributed by atoms with E-state index in [9.17, 15) is 9.59 Å². The smallest absolute Gasteiger partial charge is 0.256 e. The number of benzene rings is 1. The fourth-order valence-electron chi connectivity index (χ4n) is 3.94. The highest BCUT2D eigenvalue weighted by Gasteiger charge is 2.38. The summed E-state index contributed by atoms with van der Waals surface area (Å²) in [5, 5.41) is 10.0. The lowest BCUT2D eigenvalue weighted by atomic mass is 9.78. The molecule has 2 N–H and O–H groups in total. The summed E-state index contributed by atoms with van der Waals surface area (Å²) in [6.45, 7) is 3.73. The molecule has 0 radical (unpaired) electrons. The normalized spacial score (nSPS) is 18.1. The van der Waals surface area contributed by atoms with E-state index < -0.39 is 0 Å². The van der Waals surface area contributed by atoms with Gasteiger partial charge in [-0.1, -0.05) is 12.1 Å². The number of thiophene rings is 1. The highest BCUT2D eigenvalue weighted by atomic mass is 35.5. The summed E-state index contributed by atoms with van der Waals surface area (Å²) in [4.78, 5) is 27.3. The zero-order chi connectivity index (χ0) is 18.0. The zero-order valence-corrected chi connectivity index (χ0v) is 16.7. The Kier molecular flexibility index (Phi) is 6.19. The van der Waals surface area contributed by atoms with Crippen LogP contribution in [-0.4, -0.2) is 42.9 Å². The van der Waals surface area contributed by atoms with Gasteiger partial charge in [0, 0.05) is 25.0 Å². The van der Waals surface area contributed by atoms with Crippen LogP contribution >= 0.6 is 23.7 Å². The van der Waals surface area contributed by atoms with Gasteiger partial charge in [-0.2, -0.15) is 11.3 Å². The average molecular weight is 406 g/mol. The van der Waals surface area contributed by atoms with Crippen molar-refractivity contribution in [2.24, 2.45) is 5.41 Å². The van der Waals surface area contributed by atoms with Gasteiger partial charge in [0.05, 0.1) is 16.8 Å². The minimum Gasteiger partial charge on any atom is -0.339 e. The van der Waals surface area contributed by atoms with E-state index in [1.54, 1.807) is 23.6 Å². The lowest BCUT2D eigenvalue weighted by molar-refractivity contribution is 0.0608. The summed E-state index contributed by atoms with van der Waals surface area (Å²) in [6, 6.07) is 9.07. The fraction of sp³-hybridized carbons (Fsp3) is 0.400. The maximum atomic E-state index is 13.1. The molecule has 0 aliphatic carbocycles. The quantitative estimate of drug-likeness (QED) is 0.819. The molecule has 2 aromatic rings. The van der Waals surface area contributed by atoms with E-state index in [0.717, 1.165) is 39.0 Å². The minimum absolute atomic E-state index is 0. The van der Waals surface area contributed by atoms with Crippen molar-refractivity contribution in [1.29, 1.82) is 0 Å². The third-order valence-corrected chi connectivity index (χ3v) is 6.32. The Bertz CT molecular complexity index is 793. The van der Waals surface area contributed by atoms with Crippen LogP contribution in [0.5, 0.6) is 0 Å². The molecule has 0 unspecified atom stereocenters. The number of halogens is 1. The van der Waals surface area contributed by atoms with Crippen molar-refractivity contribution in [3.8, 4) is 0 Å². The molecule has 2 amide bonds. The summed E-state index contributed by atoms with van der Waals surface area (Å²) >= 11 is 1.48. The van der Waals surface area contributed by atoms with Crippen molar-refractivity contribution < 1.29 is 9.59 Å². The minimum atomic E-state index is -0.180. The summed E-state index contributed by atoms with van der Waals surface area (Å²) in [6.07, 6.45) is 3.31. The number of amides is 2. The largest absolute Gasteiger partial charge is 0.339 e. The molecule has 3 heterocycles. The number of hydrogen-bond donors (Lipinski definition) is 2. The number of carbonyl (C=O) groups is 2. The lowest BCUT2D eigenvalue weighted by Gasteiger charge is -2.39. The number of likely N-dealkylation sites (tertiary alicyclic amines) is 1. The van der Waals surface area contributed by atoms with Crippen molar-refractivity contribution in [3.05, 3.63) is 52.2 Å². The van der Waals surface area contributed by atoms with Crippen molar-refractivity contribution in [2.75, 3.05) is 31.5 Å². The Morgan fingerprint density at radius 3 is 2.56 bits per heavy atom. The standard InChI is InChI=1S/C20H23N3O2S.ClH/c24-18(15-5-12-26-13-15)22-17-4-2-1-3-16(17)19(25)23-10-7-20(8-11-23)6-9-21-14-20;/h1-5,12-13,21H,6-11,14H2,(H,22,24);1H. The van der Waals surface area contributed by atoms with E-state index in [4.69, 9.17) is 0 Å². The van der Waals surface area contributed by atoms with E-state index in [1.165, 1.54) is 17.8 Å². The van der Waals surface area contributed by atoms with Crippen LogP contribution in [0.2, 0.25) is 0 Å². The van der Waals surface area contributed by atoms with E-state index in [1.807, 2.05) is 22.4 Å². The zero-order valence-electron chi connectivity index (χ0n) is 15.1. The van der Waals surface area contributed by atoms with Gasteiger partial charge in [0.2, 0.25) is 0 Å². The van der Waals surface area contributed by atoms with Gasteiger partial charge in [0.15, 0.2) is 0 Å². The number of anilines is 1. The molecule has 7 heteroatoms. The predicted molar refractivity (Wildman–Crippen MR) is 111 cm³/mol. The van der Waals surface area contributed by atoms with E-state index >= 15 is 0 Å². The Balaban J connectivity index is 0.00000210. The first-order chi connectivity index (χ1) is 12.7. The van der Waals surface area contributed by atoms with Crippen LogP contribution in [-0.2, 0) is 0 Å². The summed E-state index contributed by atoms with van der Waals surface area (Å²) in [5.74, 6) is -0.173. The topological polar surface area (TPSA) is 61.4 Å². The molecule has 2 aliphatic rings. The molecular weight excluding hydrogens is 382 g/mol. The first-order valence-corrected chi connectivity index (χ1v) is 10.0. The monoisotopic (exact) mass is 405 g/mol. The van der Waals surface area contributed by atoms with Crippen LogP contribution < -0.4 is 10.6 Å². The van der Waals surface area contributed by atoms with Crippen molar-refractivity contribution >= 4 is 41.2 Å². The van der Waals surface area contributed by atoms with Gasteiger partial charge in [0.25, 0.3) is 11.8 Å². The maximum absolute atomic E-state index is 13.1. The first kappa shape index (κ1) is 19.9. The number of piperidine rings is 1. The van der Waals surface area contributed by atoms with E-state index in [-0.39, 0.29) is 24.2 Å². The molecule has 1 aromatic heterocycles. The predicted octanol–water partition coefficient (Wildman–Crippen LogP) is 3.64. The average Bonchev–Trinajstić information content (AvgIpc) is 3.35. The molecule has 5 nitrogen and oxygen atoms in total. The van der Waals surface area contributed by atoms with Crippen LogP contribution in [0.4, 0.5) is 5.69 Å². The number of carbonyl (C=O) groups excluding carboxylic acids is 2. The second kappa shape index (κ2) is 8.42. The maximum Gasteiger partial charge on any atom is 0.256 e. The number of para-hydroxylation sites is 1. The summed E-state index contributed by atoms with van der Waals surface area (Å²) in [5.41, 5.74) is 2.14. The van der Waals surface area contributed by atoms with Crippen molar-refractivity contribution in [3.63, 3.8) is 0 Å². The molecule has 1 aromatic carbocycles. The van der Waals surface area contributed by atoms with Crippen LogP contribution in [0.15, 0.2) is 41.1 Å². The number of rotatable bonds is 3. The van der Waals surface area contributed by atoms with Gasteiger partial charge < -0.3 is 15.5 Å². The fourth-order valence-corrected chi connectivity index (χ4v) is 4.58. The van der Waals surface area contributed by atoms with Crippen molar-refractivity contribution in [1.82, 2.24) is 10.2 Å². The lowest BCUT2D eigenvalue weighted by Crippen LogP contribution is -2.44. The van der Waals surface area contributed by atoms with Gasteiger partial charge in [-0.15, -0.1) is 12.4 Å². The molecule has 1 spiro atoms. The SMILES string of the molecule is Cl.O=C(Nc1ccccc1C(=O)N1CCC2(CCNC2)CC1)c1ccsc1. The van der Waals surface area contributed by atoms with Crippen LogP contribution in [0, 0.1) is 5.41 Å². The molecule has 2 fully saturated rings.